The van der Waals surface area contributed by atoms with Gasteiger partial charge in [-0.25, -0.2) is 8.42 Å². The Kier molecular flexibility index (Phi) is 4.43. The minimum absolute atomic E-state index is 0.313. The van der Waals surface area contributed by atoms with Crippen LogP contribution in [0.2, 0.25) is 0 Å². The van der Waals surface area contributed by atoms with Gasteiger partial charge in [-0.15, -0.1) is 11.3 Å². The highest BCUT2D eigenvalue weighted by Gasteiger charge is 2.22. The highest BCUT2D eigenvalue weighted by Crippen LogP contribution is 2.19. The van der Waals surface area contributed by atoms with Crippen LogP contribution in [0.15, 0.2) is 26.7 Å². The van der Waals surface area contributed by atoms with Crippen molar-refractivity contribution in [1.29, 1.82) is 0 Å². The zero-order valence-corrected chi connectivity index (χ0v) is 12.4. The fourth-order valence-electron chi connectivity index (χ4n) is 1.48. The Labute approximate surface area is 117 Å². The van der Waals surface area contributed by atoms with Crippen LogP contribution in [0.4, 0.5) is 0 Å². The number of nitrogens with one attached hydrogen (secondary N) is 1. The minimum Gasteiger partial charge on any atom is -0.370 e. The van der Waals surface area contributed by atoms with E-state index in [0.29, 0.717) is 29.3 Å². The van der Waals surface area contributed by atoms with E-state index in [1.54, 1.807) is 24.6 Å². The molecule has 2 rings (SSSR count). The molecule has 0 saturated heterocycles. The molecule has 1 aromatic rings. The number of likely N-dealkylation sites (N-methyl/N-ethyl adjacent to an activating group) is 1. The summed E-state index contributed by atoms with van der Waals surface area (Å²) in [4.78, 5) is 4.12. The van der Waals surface area contributed by atoms with Crippen LogP contribution < -0.4 is 11.1 Å². The van der Waals surface area contributed by atoms with E-state index >= 15 is 0 Å². The minimum atomic E-state index is -3.38. The smallest absolute Gasteiger partial charge is 0.252 e. The van der Waals surface area contributed by atoms with Crippen molar-refractivity contribution in [2.75, 3.05) is 20.1 Å². The maximum absolute atomic E-state index is 12.1. The van der Waals surface area contributed by atoms with Gasteiger partial charge in [-0.1, -0.05) is 6.07 Å². The molecule has 1 aliphatic carbocycles. The average molecular weight is 302 g/mol. The highest BCUT2D eigenvalue weighted by molar-refractivity contribution is 7.91. The van der Waals surface area contributed by atoms with Gasteiger partial charge in [0.1, 0.15) is 4.21 Å². The molecule has 1 aromatic heterocycles. The third-order valence-electron chi connectivity index (χ3n) is 2.79. The second kappa shape index (κ2) is 5.89. The number of rotatable bonds is 6. The zero-order chi connectivity index (χ0) is 13.9. The van der Waals surface area contributed by atoms with Gasteiger partial charge in [0.2, 0.25) is 0 Å². The van der Waals surface area contributed by atoms with Gasteiger partial charge < -0.3 is 11.1 Å². The first-order valence-corrected chi connectivity index (χ1v) is 8.38. The van der Waals surface area contributed by atoms with Crippen LogP contribution in [-0.2, 0) is 10.0 Å². The second-order valence-electron chi connectivity index (χ2n) is 4.44. The maximum Gasteiger partial charge on any atom is 0.252 e. The molecule has 0 radical (unpaired) electrons. The summed E-state index contributed by atoms with van der Waals surface area (Å²) in [5.41, 5.74) is 5.68. The number of thiophene rings is 1. The normalized spacial score (nSPS) is 16.8. The Hall–Kier alpha value is -1.12. The quantitative estimate of drug-likeness (QED) is 0.589. The number of hydrogen-bond acceptors (Lipinski definition) is 4. The SMILES string of the molecule is CN(CCN=C(N)NC1CC1)S(=O)(=O)c1cccs1. The molecule has 0 amide bonds. The van der Waals surface area contributed by atoms with E-state index in [-0.39, 0.29) is 0 Å². The Morgan fingerprint density at radius 3 is 2.95 bits per heavy atom. The van der Waals surface area contributed by atoms with Crippen LogP contribution in [0.1, 0.15) is 12.8 Å². The van der Waals surface area contributed by atoms with Gasteiger partial charge in [0.25, 0.3) is 10.0 Å². The predicted molar refractivity (Wildman–Crippen MR) is 76.8 cm³/mol. The lowest BCUT2D eigenvalue weighted by atomic mass is 10.6. The van der Waals surface area contributed by atoms with Crippen LogP contribution >= 0.6 is 11.3 Å². The number of nitrogens with zero attached hydrogens (tertiary/aromatic N) is 2. The molecule has 0 atom stereocenters. The average Bonchev–Trinajstić information content (AvgIpc) is 2.97. The molecule has 0 bridgehead atoms. The van der Waals surface area contributed by atoms with E-state index in [4.69, 9.17) is 5.73 Å². The standard InChI is InChI=1S/C11H18N4O2S2/c1-15(19(16,17)10-3-2-8-18-10)7-6-13-11(12)14-9-4-5-9/h2-3,8-9H,4-7H2,1H3,(H3,12,13,14). The maximum atomic E-state index is 12.1. The van der Waals surface area contributed by atoms with E-state index < -0.39 is 10.0 Å². The van der Waals surface area contributed by atoms with Gasteiger partial charge in [0.15, 0.2) is 5.96 Å². The Morgan fingerprint density at radius 1 is 1.63 bits per heavy atom. The first kappa shape index (κ1) is 14.3. The van der Waals surface area contributed by atoms with E-state index in [0.717, 1.165) is 12.8 Å². The number of hydrogen-bond donors (Lipinski definition) is 2. The van der Waals surface area contributed by atoms with Crippen LogP contribution in [0.3, 0.4) is 0 Å². The van der Waals surface area contributed by atoms with Gasteiger partial charge in [0, 0.05) is 19.6 Å². The predicted octanol–water partition coefficient (Wildman–Crippen LogP) is 0.435. The molecule has 3 N–H and O–H groups in total. The lowest BCUT2D eigenvalue weighted by Crippen LogP contribution is -2.35. The van der Waals surface area contributed by atoms with Crippen LogP contribution in [0.25, 0.3) is 0 Å². The van der Waals surface area contributed by atoms with Gasteiger partial charge in [-0.2, -0.15) is 4.31 Å². The van der Waals surface area contributed by atoms with Crippen molar-refractivity contribution < 1.29 is 8.42 Å². The highest BCUT2D eigenvalue weighted by atomic mass is 32.2. The fraction of sp³-hybridized carbons (Fsp3) is 0.545. The molecule has 1 heterocycles. The third-order valence-corrected chi connectivity index (χ3v) is 6.02. The van der Waals surface area contributed by atoms with Crippen LogP contribution in [0, 0.1) is 0 Å². The summed E-state index contributed by atoms with van der Waals surface area (Å²) in [5.74, 6) is 0.393. The molecule has 1 saturated carbocycles. The topological polar surface area (TPSA) is 87.8 Å². The van der Waals surface area contributed by atoms with Crippen LogP contribution in [0.5, 0.6) is 0 Å². The number of aliphatic imine (C=N–C) groups is 1. The molecule has 0 aromatic carbocycles. The molecular weight excluding hydrogens is 284 g/mol. The molecule has 6 nitrogen and oxygen atoms in total. The molecule has 0 spiro atoms. The molecule has 106 valence electrons. The van der Waals surface area contributed by atoms with Crippen molar-refractivity contribution in [3.63, 3.8) is 0 Å². The van der Waals surface area contributed by atoms with Gasteiger partial charge in [-0.05, 0) is 24.3 Å². The van der Waals surface area contributed by atoms with E-state index in [9.17, 15) is 8.42 Å². The molecule has 0 aliphatic heterocycles. The van der Waals surface area contributed by atoms with E-state index in [1.807, 2.05) is 0 Å². The number of nitrogens with two attached hydrogens (primary N) is 1. The monoisotopic (exact) mass is 302 g/mol. The lowest BCUT2D eigenvalue weighted by molar-refractivity contribution is 0.478. The summed E-state index contributed by atoms with van der Waals surface area (Å²) in [5, 5.41) is 4.80. The van der Waals surface area contributed by atoms with Gasteiger partial charge >= 0.3 is 0 Å². The third kappa shape index (κ3) is 3.92. The second-order valence-corrected chi connectivity index (χ2v) is 7.66. The first-order chi connectivity index (χ1) is 9.00. The molecular formula is C11H18N4O2S2. The number of sulfonamides is 1. The lowest BCUT2D eigenvalue weighted by Gasteiger charge is -2.14. The van der Waals surface area contributed by atoms with Crippen molar-refractivity contribution in [2.45, 2.75) is 23.1 Å². The Bertz CT molecular complexity index is 535. The Balaban J connectivity index is 1.85. The molecule has 1 aliphatic rings. The van der Waals surface area contributed by atoms with E-state index in [1.165, 1.54) is 15.6 Å². The summed E-state index contributed by atoms with van der Waals surface area (Å²) < 4.78 is 25.8. The Morgan fingerprint density at radius 2 is 2.37 bits per heavy atom. The molecule has 0 unspecified atom stereocenters. The number of guanidine groups is 1. The summed E-state index contributed by atoms with van der Waals surface area (Å²) in [6.45, 7) is 0.667. The molecule has 19 heavy (non-hydrogen) atoms. The largest absolute Gasteiger partial charge is 0.370 e. The summed E-state index contributed by atoms with van der Waals surface area (Å²) >= 11 is 1.21. The van der Waals surface area contributed by atoms with Crippen molar-refractivity contribution in [3.8, 4) is 0 Å². The molecule has 8 heteroatoms. The molecule has 1 fully saturated rings. The van der Waals surface area contributed by atoms with Crippen molar-refractivity contribution in [3.05, 3.63) is 17.5 Å². The summed E-state index contributed by atoms with van der Waals surface area (Å²) in [6, 6.07) is 3.78. The summed E-state index contributed by atoms with van der Waals surface area (Å²) in [7, 11) is -1.83. The summed E-state index contributed by atoms with van der Waals surface area (Å²) in [6.07, 6.45) is 2.26. The van der Waals surface area contributed by atoms with Crippen molar-refractivity contribution in [1.82, 2.24) is 9.62 Å². The van der Waals surface area contributed by atoms with Crippen molar-refractivity contribution >= 4 is 27.3 Å². The van der Waals surface area contributed by atoms with Crippen molar-refractivity contribution in [2.24, 2.45) is 10.7 Å². The fourth-order valence-corrected chi connectivity index (χ4v) is 3.84. The first-order valence-electron chi connectivity index (χ1n) is 6.06. The van der Waals surface area contributed by atoms with E-state index in [2.05, 4.69) is 10.3 Å². The van der Waals surface area contributed by atoms with Gasteiger partial charge in [-0.3, -0.25) is 4.99 Å². The zero-order valence-electron chi connectivity index (χ0n) is 10.7. The van der Waals surface area contributed by atoms with Gasteiger partial charge in [0.05, 0.1) is 6.54 Å². The van der Waals surface area contributed by atoms with Crippen LogP contribution in [-0.4, -0.2) is 44.9 Å².